The van der Waals surface area contributed by atoms with Crippen LogP contribution in [0.5, 0.6) is 0 Å². The third-order valence-corrected chi connectivity index (χ3v) is 5.62. The average molecular weight is 399 g/mol. The highest BCUT2D eigenvalue weighted by atomic mass is 16.5. The van der Waals surface area contributed by atoms with E-state index in [0.717, 1.165) is 65.4 Å². The minimum absolute atomic E-state index is 0.341. The minimum atomic E-state index is 0.341. The van der Waals surface area contributed by atoms with Gasteiger partial charge >= 0.3 is 0 Å². The van der Waals surface area contributed by atoms with Crippen LogP contribution in [0.25, 0.3) is 27.8 Å². The van der Waals surface area contributed by atoms with Gasteiger partial charge in [-0.05, 0) is 55.2 Å². The molecule has 2 aromatic heterocycles. The van der Waals surface area contributed by atoms with Gasteiger partial charge in [0.2, 0.25) is 0 Å². The van der Waals surface area contributed by atoms with E-state index >= 15 is 0 Å². The zero-order valence-corrected chi connectivity index (χ0v) is 17.0. The monoisotopic (exact) mass is 399 g/mol. The maximum atomic E-state index is 6.10. The number of ether oxygens (including phenoxy) is 1. The summed E-state index contributed by atoms with van der Waals surface area (Å²) >= 11 is 0. The smallest absolute Gasteiger partial charge is 0.150 e. The van der Waals surface area contributed by atoms with Gasteiger partial charge in [0, 0.05) is 42.4 Å². The molecule has 6 heteroatoms. The summed E-state index contributed by atoms with van der Waals surface area (Å²) in [6, 6.07) is 16.7. The molecule has 0 amide bonds. The molecule has 0 radical (unpaired) electrons. The Balaban J connectivity index is 1.71. The van der Waals surface area contributed by atoms with Crippen LogP contribution in [0.2, 0.25) is 0 Å². The van der Waals surface area contributed by atoms with Gasteiger partial charge in [-0.15, -0.1) is 0 Å². The van der Waals surface area contributed by atoms with E-state index in [2.05, 4.69) is 63.3 Å². The molecule has 3 N–H and O–H groups in total. The van der Waals surface area contributed by atoms with Crippen LogP contribution in [-0.2, 0) is 4.74 Å². The van der Waals surface area contributed by atoms with Crippen molar-refractivity contribution in [3.8, 4) is 16.8 Å². The molecule has 6 nitrogen and oxygen atoms in total. The van der Waals surface area contributed by atoms with E-state index in [4.69, 9.17) is 10.5 Å². The van der Waals surface area contributed by atoms with E-state index in [1.54, 1.807) is 6.33 Å². The molecule has 152 valence electrons. The van der Waals surface area contributed by atoms with Gasteiger partial charge in [0.25, 0.3) is 0 Å². The molecule has 1 aliphatic rings. The Kier molecular flexibility index (Phi) is 4.85. The molecule has 0 spiro atoms. The van der Waals surface area contributed by atoms with Crippen LogP contribution in [0.3, 0.4) is 0 Å². The molecule has 0 atom stereocenters. The van der Waals surface area contributed by atoms with Crippen LogP contribution in [0.15, 0.2) is 61.1 Å². The number of hydrogen-bond acceptors (Lipinski definition) is 5. The Morgan fingerprint density at radius 2 is 1.90 bits per heavy atom. The third kappa shape index (κ3) is 3.50. The largest absolute Gasteiger partial charge is 0.399 e. The minimum Gasteiger partial charge on any atom is -0.399 e. The molecule has 1 fully saturated rings. The first-order chi connectivity index (χ1) is 14.7. The average Bonchev–Trinajstić information content (AvgIpc) is 3.15. The number of benzene rings is 2. The summed E-state index contributed by atoms with van der Waals surface area (Å²) in [4.78, 5) is 9.29. The molecule has 5 rings (SSSR count). The summed E-state index contributed by atoms with van der Waals surface area (Å²) in [5.74, 6) is 0.857. The first-order valence-corrected chi connectivity index (χ1v) is 10.3. The molecule has 3 heterocycles. The van der Waals surface area contributed by atoms with Crippen molar-refractivity contribution >= 4 is 22.5 Å². The lowest BCUT2D eigenvalue weighted by Gasteiger charge is -2.24. The Bertz CT molecular complexity index is 1190. The fraction of sp³-hybridized carbons (Fsp3) is 0.250. The maximum Gasteiger partial charge on any atom is 0.150 e. The molecule has 1 aliphatic heterocycles. The number of nitrogen functional groups attached to an aromatic ring is 1. The summed E-state index contributed by atoms with van der Waals surface area (Å²) < 4.78 is 7.65. The predicted molar refractivity (Wildman–Crippen MR) is 121 cm³/mol. The van der Waals surface area contributed by atoms with Crippen molar-refractivity contribution in [2.24, 2.45) is 0 Å². The van der Waals surface area contributed by atoms with E-state index in [9.17, 15) is 0 Å². The number of nitrogens with two attached hydrogens (primary N) is 1. The van der Waals surface area contributed by atoms with Crippen molar-refractivity contribution in [1.29, 1.82) is 0 Å². The molecule has 30 heavy (non-hydrogen) atoms. The lowest BCUT2D eigenvalue weighted by atomic mass is 10.0. The molecule has 0 unspecified atom stereocenters. The molecular weight excluding hydrogens is 374 g/mol. The summed E-state index contributed by atoms with van der Waals surface area (Å²) in [7, 11) is 0. The second-order valence-corrected chi connectivity index (χ2v) is 7.83. The van der Waals surface area contributed by atoms with Gasteiger partial charge in [-0.1, -0.05) is 24.3 Å². The fourth-order valence-corrected chi connectivity index (χ4v) is 4.11. The topological polar surface area (TPSA) is 78.0 Å². The molecule has 4 aromatic rings. The van der Waals surface area contributed by atoms with Crippen molar-refractivity contribution < 1.29 is 4.74 Å². The van der Waals surface area contributed by atoms with Gasteiger partial charge < -0.3 is 20.4 Å². The fourth-order valence-electron chi connectivity index (χ4n) is 4.11. The van der Waals surface area contributed by atoms with Gasteiger partial charge in [0.15, 0.2) is 5.65 Å². The Labute approximate surface area is 175 Å². The predicted octanol–water partition coefficient (Wildman–Crippen LogP) is 4.57. The van der Waals surface area contributed by atoms with Gasteiger partial charge in [-0.2, -0.15) is 0 Å². The highest BCUT2D eigenvalue weighted by Gasteiger charge is 2.20. The Hall–Kier alpha value is -3.38. The second-order valence-electron chi connectivity index (χ2n) is 7.83. The maximum absolute atomic E-state index is 6.10. The lowest BCUT2D eigenvalue weighted by Crippen LogP contribution is -2.28. The van der Waals surface area contributed by atoms with Gasteiger partial charge in [-0.3, -0.25) is 0 Å². The molecule has 2 aromatic carbocycles. The van der Waals surface area contributed by atoms with Crippen LogP contribution in [0, 0.1) is 6.92 Å². The number of nitrogens with one attached hydrogen (secondary N) is 1. The van der Waals surface area contributed by atoms with Crippen molar-refractivity contribution in [3.63, 3.8) is 0 Å². The second kappa shape index (κ2) is 7.80. The lowest BCUT2D eigenvalue weighted by molar-refractivity contribution is 0.0904. The molecule has 0 bridgehead atoms. The number of anilines is 2. The van der Waals surface area contributed by atoms with Crippen LogP contribution < -0.4 is 11.1 Å². The Morgan fingerprint density at radius 1 is 1.07 bits per heavy atom. The van der Waals surface area contributed by atoms with E-state index in [0.29, 0.717) is 6.04 Å². The highest BCUT2D eigenvalue weighted by Crippen LogP contribution is 2.36. The van der Waals surface area contributed by atoms with Crippen molar-refractivity contribution in [1.82, 2.24) is 14.5 Å². The molecular formula is C24H25N5O. The summed E-state index contributed by atoms with van der Waals surface area (Å²) in [6.07, 6.45) is 5.72. The highest BCUT2D eigenvalue weighted by molar-refractivity contribution is 6.02. The zero-order valence-electron chi connectivity index (χ0n) is 17.0. The molecule has 1 saturated heterocycles. The summed E-state index contributed by atoms with van der Waals surface area (Å²) in [6.45, 7) is 3.65. The summed E-state index contributed by atoms with van der Waals surface area (Å²) in [5, 5.41) is 4.66. The first kappa shape index (κ1) is 18.6. The number of rotatable bonds is 4. The van der Waals surface area contributed by atoms with Gasteiger partial charge in [0.05, 0.1) is 5.39 Å². The van der Waals surface area contributed by atoms with Crippen molar-refractivity contribution in [2.45, 2.75) is 25.8 Å². The Morgan fingerprint density at radius 3 is 2.70 bits per heavy atom. The van der Waals surface area contributed by atoms with E-state index < -0.39 is 0 Å². The third-order valence-electron chi connectivity index (χ3n) is 5.62. The molecule has 0 saturated carbocycles. The van der Waals surface area contributed by atoms with Crippen molar-refractivity contribution in [2.75, 3.05) is 24.3 Å². The first-order valence-electron chi connectivity index (χ1n) is 10.3. The summed E-state index contributed by atoms with van der Waals surface area (Å²) in [5.41, 5.74) is 12.1. The SMILES string of the molecule is Cc1cccc(-n2cc(-c3cccc(N)c3)c3c(NC4CCOCC4)ncnc32)c1. The number of aromatic nitrogens is 3. The van der Waals surface area contributed by atoms with Gasteiger partial charge in [0.1, 0.15) is 12.1 Å². The van der Waals surface area contributed by atoms with Crippen LogP contribution in [-0.4, -0.2) is 33.8 Å². The van der Waals surface area contributed by atoms with E-state index in [1.165, 1.54) is 5.56 Å². The van der Waals surface area contributed by atoms with Crippen LogP contribution in [0.4, 0.5) is 11.5 Å². The number of hydrogen-bond donors (Lipinski definition) is 2. The number of nitrogens with zero attached hydrogens (tertiary/aromatic N) is 3. The zero-order chi connectivity index (χ0) is 20.5. The number of fused-ring (bicyclic) bond motifs is 1. The van der Waals surface area contributed by atoms with Crippen molar-refractivity contribution in [3.05, 3.63) is 66.6 Å². The van der Waals surface area contributed by atoms with E-state index in [1.807, 2.05) is 18.2 Å². The van der Waals surface area contributed by atoms with E-state index in [-0.39, 0.29) is 0 Å². The molecule has 0 aliphatic carbocycles. The standard InChI is InChI=1S/C24H25N5O/c1-16-4-2-7-20(12-16)29-14-21(17-5-3-6-18(25)13-17)22-23(26-15-27-24(22)29)28-19-8-10-30-11-9-19/h2-7,12-15,19H,8-11,25H2,1H3,(H,26,27,28). The van der Waals surface area contributed by atoms with Gasteiger partial charge in [-0.25, -0.2) is 9.97 Å². The van der Waals surface area contributed by atoms with Crippen LogP contribution in [0.1, 0.15) is 18.4 Å². The number of aryl methyl sites for hydroxylation is 1. The normalized spacial score (nSPS) is 14.8. The van der Waals surface area contributed by atoms with Crippen LogP contribution >= 0.6 is 0 Å². The quantitative estimate of drug-likeness (QED) is 0.492.